The number of benzene rings is 1. The van der Waals surface area contributed by atoms with Gasteiger partial charge in [0.05, 0.1) is 24.0 Å². The molecule has 1 unspecified atom stereocenters. The minimum absolute atomic E-state index is 0.00144. The fraction of sp³-hybridized carbons (Fsp3) is 0.500. The number of nitrogens with one attached hydrogen (secondary N) is 3. The van der Waals surface area contributed by atoms with Crippen LogP contribution in [0.4, 0.5) is 14.9 Å². The van der Waals surface area contributed by atoms with Crippen LogP contribution in [0.15, 0.2) is 36.5 Å². The topological polar surface area (TPSA) is 127 Å². The molecule has 0 saturated heterocycles. The highest BCUT2D eigenvalue weighted by atomic mass is 19.1. The third-order valence-corrected chi connectivity index (χ3v) is 6.70. The van der Waals surface area contributed by atoms with E-state index in [-0.39, 0.29) is 18.6 Å². The zero-order chi connectivity index (χ0) is 25.9. The van der Waals surface area contributed by atoms with Gasteiger partial charge in [-0.25, -0.2) is 9.18 Å². The smallest absolute Gasteiger partial charge is 0.322 e. The lowest BCUT2D eigenvalue weighted by molar-refractivity contribution is -0.132. The quantitative estimate of drug-likeness (QED) is 0.373. The van der Waals surface area contributed by atoms with Crippen molar-refractivity contribution in [3.63, 3.8) is 0 Å². The van der Waals surface area contributed by atoms with Crippen molar-refractivity contribution in [3.8, 4) is 0 Å². The Kier molecular flexibility index (Phi) is 7.87. The van der Waals surface area contributed by atoms with Gasteiger partial charge in [-0.05, 0) is 74.8 Å². The van der Waals surface area contributed by atoms with Crippen molar-refractivity contribution in [3.05, 3.63) is 59.2 Å². The number of urea groups is 1. The normalized spacial score (nSPS) is 20.5. The third-order valence-electron chi connectivity index (χ3n) is 6.70. The van der Waals surface area contributed by atoms with Gasteiger partial charge in [0.1, 0.15) is 5.82 Å². The maximum Gasteiger partial charge on any atom is 0.322 e. The molecule has 3 amide bonds. The van der Waals surface area contributed by atoms with Crippen molar-refractivity contribution in [2.24, 2.45) is 0 Å². The van der Waals surface area contributed by atoms with Crippen molar-refractivity contribution in [2.45, 2.75) is 76.4 Å². The van der Waals surface area contributed by atoms with Gasteiger partial charge >= 0.3 is 6.03 Å². The van der Waals surface area contributed by atoms with E-state index < -0.39 is 23.6 Å². The van der Waals surface area contributed by atoms with Crippen LogP contribution in [-0.4, -0.2) is 56.5 Å². The van der Waals surface area contributed by atoms with E-state index in [9.17, 15) is 24.2 Å². The summed E-state index contributed by atoms with van der Waals surface area (Å²) in [5.74, 6) is -0.528. The minimum atomic E-state index is -1.36. The number of aliphatic hydroxyl groups excluding tert-OH is 1. The van der Waals surface area contributed by atoms with Gasteiger partial charge in [-0.2, -0.15) is 0 Å². The summed E-state index contributed by atoms with van der Waals surface area (Å²) >= 11 is 0. The molecule has 1 aromatic carbocycles. The third kappa shape index (κ3) is 6.77. The largest absolute Gasteiger partial charge is 0.389 e. The molecule has 1 atom stereocenters. The number of hydrogen-bond donors (Lipinski definition) is 5. The summed E-state index contributed by atoms with van der Waals surface area (Å²) in [6, 6.07) is 8.95. The number of hydrogen-bond acceptors (Lipinski definition) is 6. The highest BCUT2D eigenvalue weighted by molar-refractivity contribution is 5.89. The number of rotatable bonds is 7. The lowest BCUT2D eigenvalue weighted by Crippen LogP contribution is -2.51. The van der Waals surface area contributed by atoms with Gasteiger partial charge < -0.3 is 25.7 Å². The van der Waals surface area contributed by atoms with E-state index in [2.05, 4.69) is 20.9 Å². The molecular weight excluding hydrogens is 465 g/mol. The van der Waals surface area contributed by atoms with Crippen LogP contribution in [0.1, 0.15) is 62.3 Å². The molecule has 0 radical (unpaired) electrons. The van der Waals surface area contributed by atoms with Crippen LogP contribution in [0, 0.1) is 5.82 Å². The lowest BCUT2D eigenvalue weighted by Gasteiger charge is -2.30. The van der Waals surface area contributed by atoms with Crippen molar-refractivity contribution in [1.29, 1.82) is 0 Å². The monoisotopic (exact) mass is 499 g/mol. The van der Waals surface area contributed by atoms with Crippen LogP contribution < -0.4 is 16.0 Å². The zero-order valence-electron chi connectivity index (χ0n) is 20.6. The molecule has 2 heterocycles. The summed E-state index contributed by atoms with van der Waals surface area (Å²) in [6.45, 7) is 3.98. The van der Waals surface area contributed by atoms with E-state index in [0.717, 1.165) is 31.2 Å². The van der Waals surface area contributed by atoms with Crippen molar-refractivity contribution >= 4 is 17.6 Å². The van der Waals surface area contributed by atoms with E-state index in [1.165, 1.54) is 17.8 Å². The zero-order valence-corrected chi connectivity index (χ0v) is 20.6. The van der Waals surface area contributed by atoms with Gasteiger partial charge in [-0.3, -0.25) is 15.1 Å². The first kappa shape index (κ1) is 26.0. The second-order valence-corrected chi connectivity index (χ2v) is 10.3. The molecule has 1 aliphatic carbocycles. The Morgan fingerprint density at radius 3 is 2.53 bits per heavy atom. The molecule has 2 aliphatic rings. The van der Waals surface area contributed by atoms with E-state index >= 15 is 0 Å². The molecule has 194 valence electrons. The number of halogens is 1. The van der Waals surface area contributed by atoms with Gasteiger partial charge in [0.25, 0.3) is 5.91 Å². The Balaban J connectivity index is 1.22. The second kappa shape index (κ2) is 10.9. The second-order valence-electron chi connectivity index (χ2n) is 10.3. The van der Waals surface area contributed by atoms with Gasteiger partial charge in [0.15, 0.2) is 6.23 Å². The number of amides is 3. The molecule has 4 rings (SSSR count). The summed E-state index contributed by atoms with van der Waals surface area (Å²) in [7, 11) is 0. The molecule has 9 nitrogen and oxygen atoms in total. The number of aliphatic hydroxyl groups is 2. The van der Waals surface area contributed by atoms with E-state index in [1.807, 2.05) is 24.3 Å². The van der Waals surface area contributed by atoms with Gasteiger partial charge in [0, 0.05) is 24.8 Å². The molecule has 5 N–H and O–H groups in total. The number of anilines is 1. The molecule has 0 spiro atoms. The summed E-state index contributed by atoms with van der Waals surface area (Å²) in [6.07, 6.45) is 3.22. The minimum Gasteiger partial charge on any atom is -0.389 e. The number of carbonyl (C=O) groups excluding carboxylic acids is 2. The Labute approximate surface area is 210 Å². The van der Waals surface area contributed by atoms with E-state index in [0.29, 0.717) is 30.4 Å². The van der Waals surface area contributed by atoms with Crippen molar-refractivity contribution in [1.82, 2.24) is 20.5 Å². The first-order chi connectivity index (χ1) is 17.1. The summed E-state index contributed by atoms with van der Waals surface area (Å²) in [5.41, 5.74) is 2.29. The van der Waals surface area contributed by atoms with Gasteiger partial charge in [-0.1, -0.05) is 12.1 Å². The Morgan fingerprint density at radius 2 is 1.86 bits per heavy atom. The molecule has 2 aromatic rings. The predicted molar refractivity (Wildman–Crippen MR) is 132 cm³/mol. The number of aromatic nitrogens is 1. The first-order valence-corrected chi connectivity index (χ1v) is 12.3. The SMILES string of the molecule is CC(C)(O)CNC(O)C(=O)NC1CCC(c2ccc(NC(=O)N3Cc4cc(F)cnc4C3)cc2)CC1. The average molecular weight is 500 g/mol. The summed E-state index contributed by atoms with van der Waals surface area (Å²) in [5, 5.41) is 28.1. The summed E-state index contributed by atoms with van der Waals surface area (Å²) in [4.78, 5) is 30.5. The number of nitrogens with zero attached hydrogens (tertiary/aromatic N) is 2. The lowest BCUT2D eigenvalue weighted by atomic mass is 9.81. The van der Waals surface area contributed by atoms with E-state index in [4.69, 9.17) is 0 Å². The van der Waals surface area contributed by atoms with E-state index in [1.54, 1.807) is 18.7 Å². The summed E-state index contributed by atoms with van der Waals surface area (Å²) < 4.78 is 13.4. The Morgan fingerprint density at radius 1 is 1.17 bits per heavy atom. The highest BCUT2D eigenvalue weighted by Crippen LogP contribution is 2.33. The maximum atomic E-state index is 13.4. The van der Waals surface area contributed by atoms with Crippen LogP contribution >= 0.6 is 0 Å². The van der Waals surface area contributed by atoms with Gasteiger partial charge in [-0.15, -0.1) is 0 Å². The van der Waals surface area contributed by atoms with Crippen molar-refractivity contribution in [2.75, 3.05) is 11.9 Å². The number of fused-ring (bicyclic) bond motifs is 1. The first-order valence-electron chi connectivity index (χ1n) is 12.3. The average Bonchev–Trinajstić information content (AvgIpc) is 3.26. The molecule has 10 heteroatoms. The number of carbonyl (C=O) groups is 2. The molecule has 1 aromatic heterocycles. The predicted octanol–water partition coefficient (Wildman–Crippen LogP) is 2.59. The molecule has 1 saturated carbocycles. The van der Waals surface area contributed by atoms with Crippen LogP contribution in [0.5, 0.6) is 0 Å². The molecule has 36 heavy (non-hydrogen) atoms. The highest BCUT2D eigenvalue weighted by Gasteiger charge is 2.27. The van der Waals surface area contributed by atoms with Crippen LogP contribution in [-0.2, 0) is 17.9 Å². The van der Waals surface area contributed by atoms with Gasteiger partial charge in [0.2, 0.25) is 0 Å². The standard InChI is InChI=1S/C26H34FN5O4/c1-26(2,36)15-29-23(33)24(34)30-20-7-3-16(4-8-20)17-5-9-21(10-6-17)31-25(35)32-13-18-11-19(27)12-28-22(18)14-32/h5-6,9-12,16,20,23,29,33,36H,3-4,7-8,13-15H2,1-2H3,(H,30,34)(H,31,35). The molecular formula is C26H34FN5O4. The molecule has 1 aliphatic heterocycles. The van der Waals surface area contributed by atoms with Crippen LogP contribution in [0.3, 0.4) is 0 Å². The fourth-order valence-corrected chi connectivity index (χ4v) is 4.71. The van der Waals surface area contributed by atoms with Crippen LogP contribution in [0.25, 0.3) is 0 Å². The fourth-order valence-electron chi connectivity index (χ4n) is 4.71. The molecule has 1 fully saturated rings. The Bertz CT molecular complexity index is 1080. The number of pyridine rings is 1. The molecule has 0 bridgehead atoms. The van der Waals surface area contributed by atoms with Crippen LogP contribution in [0.2, 0.25) is 0 Å². The Hall–Kier alpha value is -3.08. The maximum absolute atomic E-state index is 13.4. The van der Waals surface area contributed by atoms with Crippen molar-refractivity contribution < 1.29 is 24.2 Å².